The summed E-state index contributed by atoms with van der Waals surface area (Å²) < 4.78 is 1.99. The molecule has 2 rings (SSSR count). The second kappa shape index (κ2) is 5.57. The van der Waals surface area contributed by atoms with Gasteiger partial charge in [-0.25, -0.2) is 0 Å². The number of rotatable bonds is 3. The van der Waals surface area contributed by atoms with Crippen LogP contribution in [0.5, 0.6) is 0 Å². The predicted octanol–water partition coefficient (Wildman–Crippen LogP) is 3.69. The summed E-state index contributed by atoms with van der Waals surface area (Å²) >= 11 is 0. The SMILES string of the molecule is CC=C(C)C(=O)Nc1cc(C)ccc1-n1cccc1. The fraction of sp³-hybridized carbons (Fsp3) is 0.188. The van der Waals surface area contributed by atoms with Crippen LogP contribution in [-0.4, -0.2) is 10.5 Å². The number of allylic oxidation sites excluding steroid dienone is 1. The Bertz CT molecular complexity index is 610. The minimum atomic E-state index is -0.0680. The molecule has 3 nitrogen and oxygen atoms in total. The summed E-state index contributed by atoms with van der Waals surface area (Å²) in [5.41, 5.74) is 3.61. The number of hydrogen-bond acceptors (Lipinski definition) is 1. The van der Waals surface area contributed by atoms with Gasteiger partial charge in [-0.05, 0) is 50.6 Å². The molecule has 0 saturated carbocycles. The van der Waals surface area contributed by atoms with Gasteiger partial charge in [0.15, 0.2) is 0 Å². The summed E-state index contributed by atoms with van der Waals surface area (Å²) in [5, 5.41) is 2.96. The van der Waals surface area contributed by atoms with Crippen molar-refractivity contribution in [3.63, 3.8) is 0 Å². The van der Waals surface area contributed by atoms with Crippen LogP contribution in [0.1, 0.15) is 19.4 Å². The van der Waals surface area contributed by atoms with Gasteiger partial charge < -0.3 is 9.88 Å². The molecule has 1 aromatic carbocycles. The number of benzene rings is 1. The van der Waals surface area contributed by atoms with Crippen LogP contribution in [0.2, 0.25) is 0 Å². The van der Waals surface area contributed by atoms with Crippen LogP contribution in [0, 0.1) is 6.92 Å². The first-order chi connectivity index (χ1) is 9.11. The third-order valence-corrected chi connectivity index (χ3v) is 3.07. The fourth-order valence-electron chi connectivity index (χ4n) is 1.82. The lowest BCUT2D eigenvalue weighted by Crippen LogP contribution is -2.14. The van der Waals surface area contributed by atoms with E-state index in [1.54, 1.807) is 13.0 Å². The molecule has 98 valence electrons. The molecule has 3 heteroatoms. The Hall–Kier alpha value is -2.29. The maximum atomic E-state index is 12.0. The molecule has 0 radical (unpaired) electrons. The highest BCUT2D eigenvalue weighted by atomic mass is 16.1. The summed E-state index contributed by atoms with van der Waals surface area (Å²) in [5.74, 6) is -0.0680. The van der Waals surface area contributed by atoms with Crippen LogP contribution in [0.25, 0.3) is 5.69 Å². The predicted molar refractivity (Wildman–Crippen MR) is 78.6 cm³/mol. The highest BCUT2D eigenvalue weighted by Gasteiger charge is 2.09. The number of nitrogens with one attached hydrogen (secondary N) is 1. The quantitative estimate of drug-likeness (QED) is 0.833. The molecule has 0 fully saturated rings. The zero-order valence-electron chi connectivity index (χ0n) is 11.5. The van der Waals surface area contributed by atoms with Gasteiger partial charge in [0.05, 0.1) is 11.4 Å². The van der Waals surface area contributed by atoms with Crippen molar-refractivity contribution < 1.29 is 4.79 Å². The molecule has 0 unspecified atom stereocenters. The van der Waals surface area contributed by atoms with E-state index in [-0.39, 0.29) is 5.91 Å². The second-order valence-corrected chi connectivity index (χ2v) is 4.54. The highest BCUT2D eigenvalue weighted by molar-refractivity contribution is 6.04. The van der Waals surface area contributed by atoms with E-state index >= 15 is 0 Å². The zero-order chi connectivity index (χ0) is 13.8. The van der Waals surface area contributed by atoms with Crippen LogP contribution >= 0.6 is 0 Å². The van der Waals surface area contributed by atoms with Crippen molar-refractivity contribution in [1.82, 2.24) is 4.57 Å². The normalized spacial score (nSPS) is 11.4. The maximum Gasteiger partial charge on any atom is 0.251 e. The topological polar surface area (TPSA) is 34.0 Å². The molecular weight excluding hydrogens is 236 g/mol. The van der Waals surface area contributed by atoms with Crippen LogP contribution in [0.4, 0.5) is 5.69 Å². The molecule has 0 aliphatic rings. The Labute approximate surface area is 113 Å². The molecule has 0 saturated heterocycles. The van der Waals surface area contributed by atoms with E-state index in [4.69, 9.17) is 0 Å². The summed E-state index contributed by atoms with van der Waals surface area (Å²) in [4.78, 5) is 12.0. The summed E-state index contributed by atoms with van der Waals surface area (Å²) in [6.07, 6.45) is 5.73. The van der Waals surface area contributed by atoms with Crippen molar-refractivity contribution in [2.45, 2.75) is 20.8 Å². The average Bonchev–Trinajstić information content (AvgIpc) is 2.91. The fourth-order valence-corrected chi connectivity index (χ4v) is 1.82. The number of nitrogens with zero attached hydrogens (tertiary/aromatic N) is 1. The number of carbonyl (C=O) groups is 1. The first kappa shape index (κ1) is 13.1. The van der Waals surface area contributed by atoms with Crippen molar-refractivity contribution >= 4 is 11.6 Å². The van der Waals surface area contributed by atoms with Crippen LogP contribution < -0.4 is 5.32 Å². The van der Waals surface area contributed by atoms with Gasteiger partial charge in [-0.15, -0.1) is 0 Å². The van der Waals surface area contributed by atoms with E-state index in [0.717, 1.165) is 16.9 Å². The third kappa shape index (κ3) is 2.94. The molecule has 0 aliphatic carbocycles. The Balaban J connectivity index is 2.39. The van der Waals surface area contributed by atoms with Crippen molar-refractivity contribution in [1.29, 1.82) is 0 Å². The monoisotopic (exact) mass is 254 g/mol. The van der Waals surface area contributed by atoms with E-state index in [2.05, 4.69) is 5.32 Å². The Morgan fingerprint density at radius 1 is 1.26 bits per heavy atom. The van der Waals surface area contributed by atoms with Gasteiger partial charge >= 0.3 is 0 Å². The van der Waals surface area contributed by atoms with E-state index in [1.165, 1.54) is 0 Å². The third-order valence-electron chi connectivity index (χ3n) is 3.07. The molecule has 2 aromatic rings. The maximum absolute atomic E-state index is 12.0. The molecule has 1 aromatic heterocycles. The lowest BCUT2D eigenvalue weighted by Gasteiger charge is -2.13. The van der Waals surface area contributed by atoms with Gasteiger partial charge in [-0.1, -0.05) is 12.1 Å². The lowest BCUT2D eigenvalue weighted by molar-refractivity contribution is -0.112. The molecule has 1 amide bonds. The number of anilines is 1. The lowest BCUT2D eigenvalue weighted by atomic mass is 10.1. The molecule has 1 heterocycles. The van der Waals surface area contributed by atoms with Crippen LogP contribution in [-0.2, 0) is 4.79 Å². The van der Waals surface area contributed by atoms with E-state index in [1.807, 2.05) is 61.1 Å². The Morgan fingerprint density at radius 2 is 1.95 bits per heavy atom. The largest absolute Gasteiger partial charge is 0.322 e. The molecule has 19 heavy (non-hydrogen) atoms. The first-order valence-corrected chi connectivity index (χ1v) is 6.30. The summed E-state index contributed by atoms with van der Waals surface area (Å²) in [7, 11) is 0. The van der Waals surface area contributed by atoms with Crippen LogP contribution in [0.3, 0.4) is 0 Å². The Kier molecular flexibility index (Phi) is 3.85. The molecule has 0 aliphatic heterocycles. The standard InChI is InChI=1S/C16H18N2O/c1-4-13(3)16(19)17-14-11-12(2)7-8-15(14)18-9-5-6-10-18/h4-11H,1-3H3,(H,17,19). The van der Waals surface area contributed by atoms with Crippen LogP contribution in [0.15, 0.2) is 54.4 Å². The van der Waals surface area contributed by atoms with E-state index < -0.39 is 0 Å². The minimum Gasteiger partial charge on any atom is -0.322 e. The number of carbonyl (C=O) groups excluding carboxylic acids is 1. The molecule has 0 atom stereocenters. The molecular formula is C16H18N2O. The van der Waals surface area contributed by atoms with Crippen molar-refractivity contribution in [2.24, 2.45) is 0 Å². The molecule has 0 spiro atoms. The zero-order valence-corrected chi connectivity index (χ0v) is 11.5. The van der Waals surface area contributed by atoms with Gasteiger partial charge in [-0.3, -0.25) is 4.79 Å². The van der Waals surface area contributed by atoms with E-state index in [0.29, 0.717) is 5.57 Å². The number of aryl methyl sites for hydroxylation is 1. The smallest absolute Gasteiger partial charge is 0.251 e. The molecule has 1 N–H and O–H groups in total. The summed E-state index contributed by atoms with van der Waals surface area (Å²) in [6, 6.07) is 9.95. The van der Waals surface area contributed by atoms with Gasteiger partial charge in [0.2, 0.25) is 0 Å². The van der Waals surface area contributed by atoms with Gasteiger partial charge in [-0.2, -0.15) is 0 Å². The van der Waals surface area contributed by atoms with Crippen molar-refractivity contribution in [3.05, 3.63) is 59.9 Å². The van der Waals surface area contributed by atoms with Gasteiger partial charge in [0.25, 0.3) is 5.91 Å². The summed E-state index contributed by atoms with van der Waals surface area (Å²) in [6.45, 7) is 5.68. The number of hydrogen-bond donors (Lipinski definition) is 1. The highest BCUT2D eigenvalue weighted by Crippen LogP contribution is 2.22. The van der Waals surface area contributed by atoms with Crippen molar-refractivity contribution in [2.75, 3.05) is 5.32 Å². The van der Waals surface area contributed by atoms with E-state index in [9.17, 15) is 4.79 Å². The number of amides is 1. The minimum absolute atomic E-state index is 0.0680. The first-order valence-electron chi connectivity index (χ1n) is 6.30. The Morgan fingerprint density at radius 3 is 2.58 bits per heavy atom. The van der Waals surface area contributed by atoms with Gasteiger partial charge in [0.1, 0.15) is 0 Å². The average molecular weight is 254 g/mol. The van der Waals surface area contributed by atoms with Crippen molar-refractivity contribution in [3.8, 4) is 5.69 Å². The molecule has 0 bridgehead atoms. The second-order valence-electron chi connectivity index (χ2n) is 4.54. The number of aromatic nitrogens is 1. The van der Waals surface area contributed by atoms with Gasteiger partial charge in [0, 0.05) is 18.0 Å².